The van der Waals surface area contributed by atoms with Gasteiger partial charge in [0.2, 0.25) is 5.91 Å². The Morgan fingerprint density at radius 3 is 2.72 bits per heavy atom. The van der Waals surface area contributed by atoms with Crippen molar-refractivity contribution in [3.05, 3.63) is 59.4 Å². The molecule has 1 amide bonds. The van der Waals surface area contributed by atoms with E-state index in [0.29, 0.717) is 18.1 Å². The lowest BCUT2D eigenvalue weighted by Crippen LogP contribution is -2.48. The molecule has 1 atom stereocenters. The first-order valence-corrected chi connectivity index (χ1v) is 11.0. The minimum atomic E-state index is -0.0541. The SMILES string of the molecule is CC(=O)N1CCN(c2nc3c(Cl)cccc3cc2C(C)Nc2ccnc3ccnn23)CC1. The smallest absolute Gasteiger partial charge is 0.219 e. The summed E-state index contributed by atoms with van der Waals surface area (Å²) in [6, 6.07) is 11.7. The quantitative estimate of drug-likeness (QED) is 0.511. The normalized spacial score (nSPS) is 15.3. The van der Waals surface area contributed by atoms with Gasteiger partial charge in [0, 0.05) is 56.3 Å². The van der Waals surface area contributed by atoms with Crippen molar-refractivity contribution in [2.45, 2.75) is 19.9 Å². The van der Waals surface area contributed by atoms with Crippen LogP contribution in [0.25, 0.3) is 16.6 Å². The first-order chi connectivity index (χ1) is 15.5. The van der Waals surface area contributed by atoms with Crippen molar-refractivity contribution in [3.63, 3.8) is 0 Å². The van der Waals surface area contributed by atoms with Crippen LogP contribution in [0.5, 0.6) is 0 Å². The maximum atomic E-state index is 11.8. The number of anilines is 2. The van der Waals surface area contributed by atoms with Crippen LogP contribution in [0.15, 0.2) is 48.8 Å². The Hall–Kier alpha value is -3.39. The minimum Gasteiger partial charge on any atom is -0.363 e. The molecule has 1 unspecified atom stereocenters. The zero-order chi connectivity index (χ0) is 22.2. The van der Waals surface area contributed by atoms with Crippen LogP contribution in [-0.2, 0) is 4.79 Å². The van der Waals surface area contributed by atoms with Crippen LogP contribution in [-0.4, -0.2) is 56.6 Å². The summed E-state index contributed by atoms with van der Waals surface area (Å²) >= 11 is 6.48. The van der Waals surface area contributed by atoms with Gasteiger partial charge in [0.15, 0.2) is 5.65 Å². The van der Waals surface area contributed by atoms with Crippen LogP contribution in [0.4, 0.5) is 11.6 Å². The van der Waals surface area contributed by atoms with E-state index < -0.39 is 0 Å². The lowest BCUT2D eigenvalue weighted by Gasteiger charge is -2.36. The number of para-hydroxylation sites is 1. The molecule has 0 bridgehead atoms. The molecule has 1 N–H and O–H groups in total. The summed E-state index contributed by atoms with van der Waals surface area (Å²) < 4.78 is 1.78. The van der Waals surface area contributed by atoms with E-state index in [0.717, 1.165) is 46.8 Å². The van der Waals surface area contributed by atoms with Crippen molar-refractivity contribution in [3.8, 4) is 0 Å². The zero-order valence-electron chi connectivity index (χ0n) is 18.0. The van der Waals surface area contributed by atoms with Crippen molar-refractivity contribution in [2.24, 2.45) is 0 Å². The molecule has 8 nitrogen and oxygen atoms in total. The number of aromatic nitrogens is 4. The number of carbonyl (C=O) groups is 1. The summed E-state index contributed by atoms with van der Waals surface area (Å²) in [6.45, 7) is 6.53. The van der Waals surface area contributed by atoms with Gasteiger partial charge < -0.3 is 15.1 Å². The van der Waals surface area contributed by atoms with E-state index >= 15 is 0 Å². The minimum absolute atomic E-state index is 0.0541. The molecule has 0 aliphatic carbocycles. The molecule has 1 fully saturated rings. The fraction of sp³-hybridized carbons (Fsp3) is 0.304. The van der Waals surface area contributed by atoms with Crippen LogP contribution in [0.2, 0.25) is 5.02 Å². The van der Waals surface area contributed by atoms with E-state index in [1.165, 1.54) is 0 Å². The predicted molar refractivity (Wildman–Crippen MR) is 126 cm³/mol. The number of amides is 1. The molecule has 1 aliphatic rings. The van der Waals surface area contributed by atoms with Crippen molar-refractivity contribution in [2.75, 3.05) is 36.4 Å². The van der Waals surface area contributed by atoms with Crippen LogP contribution in [0.1, 0.15) is 25.5 Å². The Kier molecular flexibility index (Phi) is 5.30. The van der Waals surface area contributed by atoms with Gasteiger partial charge in [-0.2, -0.15) is 9.61 Å². The van der Waals surface area contributed by atoms with Crippen LogP contribution < -0.4 is 10.2 Å². The number of nitrogens with one attached hydrogen (secondary N) is 1. The molecular weight excluding hydrogens is 426 g/mol. The largest absolute Gasteiger partial charge is 0.363 e. The lowest BCUT2D eigenvalue weighted by molar-refractivity contribution is -0.129. The molecule has 5 rings (SSSR count). The second-order valence-corrected chi connectivity index (χ2v) is 8.41. The molecule has 4 aromatic rings. The highest BCUT2D eigenvalue weighted by molar-refractivity contribution is 6.35. The number of hydrogen-bond donors (Lipinski definition) is 1. The Morgan fingerprint density at radius 2 is 1.94 bits per heavy atom. The molecule has 164 valence electrons. The van der Waals surface area contributed by atoms with Gasteiger partial charge in [-0.05, 0) is 25.1 Å². The summed E-state index contributed by atoms with van der Waals surface area (Å²) in [5.74, 6) is 1.85. The average molecular weight is 450 g/mol. The van der Waals surface area contributed by atoms with Gasteiger partial charge >= 0.3 is 0 Å². The number of halogens is 1. The molecule has 0 spiro atoms. The molecule has 1 saturated heterocycles. The van der Waals surface area contributed by atoms with E-state index in [-0.39, 0.29) is 11.9 Å². The molecule has 0 saturated carbocycles. The number of fused-ring (bicyclic) bond motifs is 2. The van der Waals surface area contributed by atoms with Crippen LogP contribution >= 0.6 is 11.6 Å². The molecule has 9 heteroatoms. The van der Waals surface area contributed by atoms with E-state index in [4.69, 9.17) is 16.6 Å². The Bertz CT molecular complexity index is 1300. The highest BCUT2D eigenvalue weighted by atomic mass is 35.5. The number of rotatable bonds is 4. The molecule has 3 aromatic heterocycles. The summed E-state index contributed by atoms with van der Waals surface area (Å²) in [5.41, 5.74) is 2.63. The Labute approximate surface area is 190 Å². The second kappa shape index (κ2) is 8.27. The highest BCUT2D eigenvalue weighted by Gasteiger charge is 2.24. The fourth-order valence-corrected chi connectivity index (χ4v) is 4.44. The topological polar surface area (TPSA) is 78.7 Å². The third-order valence-electron chi connectivity index (χ3n) is 5.95. The Balaban J connectivity index is 1.54. The average Bonchev–Trinajstić information content (AvgIpc) is 3.29. The van der Waals surface area contributed by atoms with Gasteiger partial charge in [-0.3, -0.25) is 4.79 Å². The molecule has 1 aliphatic heterocycles. The zero-order valence-corrected chi connectivity index (χ0v) is 18.8. The number of piperazine rings is 1. The summed E-state index contributed by atoms with van der Waals surface area (Å²) in [7, 11) is 0. The number of benzene rings is 1. The molecular formula is C23H24ClN7O. The van der Waals surface area contributed by atoms with Crippen molar-refractivity contribution in [1.82, 2.24) is 24.5 Å². The molecule has 1 aromatic carbocycles. The Morgan fingerprint density at radius 1 is 1.12 bits per heavy atom. The van der Waals surface area contributed by atoms with Crippen LogP contribution in [0.3, 0.4) is 0 Å². The standard InChI is InChI=1S/C23H24ClN7O/c1-15(27-21-6-8-25-20-7-9-26-31(20)21)18-14-17-4-3-5-19(24)22(17)28-23(18)30-12-10-29(11-13-30)16(2)32/h3-9,14-15,27H,10-13H2,1-2H3. The van der Waals surface area contributed by atoms with Gasteiger partial charge in [-0.1, -0.05) is 23.7 Å². The van der Waals surface area contributed by atoms with Crippen molar-refractivity contribution >= 4 is 45.7 Å². The number of nitrogens with zero attached hydrogens (tertiary/aromatic N) is 6. The van der Waals surface area contributed by atoms with Crippen molar-refractivity contribution in [1.29, 1.82) is 0 Å². The monoisotopic (exact) mass is 449 g/mol. The number of hydrogen-bond acceptors (Lipinski definition) is 6. The summed E-state index contributed by atoms with van der Waals surface area (Å²) in [5, 5.41) is 9.57. The van der Waals surface area contributed by atoms with E-state index in [9.17, 15) is 4.79 Å². The van der Waals surface area contributed by atoms with Gasteiger partial charge in [-0.25, -0.2) is 9.97 Å². The first-order valence-electron chi connectivity index (χ1n) is 10.7. The molecule has 4 heterocycles. The van der Waals surface area contributed by atoms with E-state index in [2.05, 4.69) is 33.3 Å². The highest BCUT2D eigenvalue weighted by Crippen LogP contribution is 2.33. The maximum Gasteiger partial charge on any atom is 0.219 e. The third-order valence-corrected chi connectivity index (χ3v) is 6.26. The van der Waals surface area contributed by atoms with Crippen LogP contribution in [0, 0.1) is 0 Å². The van der Waals surface area contributed by atoms with E-state index in [1.54, 1.807) is 23.8 Å². The van der Waals surface area contributed by atoms with Gasteiger partial charge in [0.05, 0.1) is 22.8 Å². The third kappa shape index (κ3) is 3.71. The molecule has 32 heavy (non-hydrogen) atoms. The van der Waals surface area contributed by atoms with Gasteiger partial charge in [-0.15, -0.1) is 0 Å². The fourth-order valence-electron chi connectivity index (χ4n) is 4.22. The first kappa shape index (κ1) is 20.5. The lowest BCUT2D eigenvalue weighted by atomic mass is 10.0. The second-order valence-electron chi connectivity index (χ2n) is 8.00. The number of pyridine rings is 1. The number of carbonyl (C=O) groups excluding carboxylic acids is 1. The van der Waals surface area contributed by atoms with Gasteiger partial charge in [0.1, 0.15) is 11.6 Å². The summed E-state index contributed by atoms with van der Waals surface area (Å²) in [6.07, 6.45) is 3.50. The molecule has 0 radical (unpaired) electrons. The van der Waals surface area contributed by atoms with E-state index in [1.807, 2.05) is 35.2 Å². The van der Waals surface area contributed by atoms with Gasteiger partial charge in [0.25, 0.3) is 0 Å². The maximum absolute atomic E-state index is 11.8. The predicted octanol–water partition coefficient (Wildman–Crippen LogP) is 3.77. The summed E-state index contributed by atoms with van der Waals surface area (Å²) in [4.78, 5) is 25.2. The van der Waals surface area contributed by atoms with Crippen molar-refractivity contribution < 1.29 is 4.79 Å².